The van der Waals surface area contributed by atoms with E-state index >= 15 is 0 Å². The number of ketones is 1. The fraction of sp³-hybridized carbons (Fsp3) is 0.346. The Morgan fingerprint density at radius 1 is 1.26 bits per heavy atom. The van der Waals surface area contributed by atoms with Gasteiger partial charge in [-0.2, -0.15) is 5.26 Å². The molecule has 3 rings (SSSR count). The van der Waals surface area contributed by atoms with Crippen LogP contribution in [0.1, 0.15) is 34.3 Å². The molecule has 1 aliphatic rings. The quantitative estimate of drug-likeness (QED) is 0.436. The van der Waals surface area contributed by atoms with Crippen LogP contribution >= 0.6 is 0 Å². The van der Waals surface area contributed by atoms with Crippen molar-refractivity contribution in [1.82, 2.24) is 10.2 Å². The van der Waals surface area contributed by atoms with Crippen LogP contribution in [0.2, 0.25) is 0 Å². The lowest BCUT2D eigenvalue weighted by atomic mass is 9.89. The average Bonchev–Trinajstić information content (AvgIpc) is 2.87. The van der Waals surface area contributed by atoms with Gasteiger partial charge in [-0.3, -0.25) is 9.59 Å². The predicted molar refractivity (Wildman–Crippen MR) is 126 cm³/mol. The number of aliphatic hydroxyl groups excluding tert-OH is 1. The summed E-state index contributed by atoms with van der Waals surface area (Å²) in [5.41, 5.74) is 1.57. The van der Waals surface area contributed by atoms with E-state index in [1.165, 1.54) is 37.5 Å². The van der Waals surface area contributed by atoms with Gasteiger partial charge in [0.05, 0.1) is 31.4 Å². The highest BCUT2D eigenvalue weighted by Gasteiger charge is 2.27. The maximum Gasteiger partial charge on any atom is 0.244 e. The first-order valence-corrected chi connectivity index (χ1v) is 11.1. The third kappa shape index (κ3) is 6.73. The largest absolute Gasteiger partial charge is 0.496 e. The first kappa shape index (κ1) is 25.1. The third-order valence-corrected chi connectivity index (χ3v) is 5.91. The SMILES string of the molecule is COc1ccc(C#N)cc1C=CC(=O)N[C@H](CO)CN1CCC(C(=O)c2ccc(F)cc2)CC1. The van der Waals surface area contributed by atoms with Crippen molar-refractivity contribution in [2.45, 2.75) is 18.9 Å². The van der Waals surface area contributed by atoms with Crippen molar-refractivity contribution in [3.8, 4) is 11.8 Å². The maximum absolute atomic E-state index is 13.1. The smallest absolute Gasteiger partial charge is 0.244 e. The Morgan fingerprint density at radius 3 is 2.59 bits per heavy atom. The van der Waals surface area contributed by atoms with Gasteiger partial charge in [-0.1, -0.05) is 0 Å². The maximum atomic E-state index is 13.1. The van der Waals surface area contributed by atoms with Crippen molar-refractivity contribution in [3.05, 3.63) is 71.0 Å². The Morgan fingerprint density at radius 2 is 1.97 bits per heavy atom. The number of methoxy groups -OCH3 is 1. The van der Waals surface area contributed by atoms with Crippen molar-refractivity contribution >= 4 is 17.8 Å². The number of benzene rings is 2. The molecule has 0 radical (unpaired) electrons. The summed E-state index contributed by atoms with van der Waals surface area (Å²) in [5, 5.41) is 21.6. The van der Waals surface area contributed by atoms with E-state index in [2.05, 4.69) is 10.2 Å². The summed E-state index contributed by atoms with van der Waals surface area (Å²) in [6.45, 7) is 1.57. The minimum absolute atomic E-state index is 0.0210. The minimum atomic E-state index is -0.464. The third-order valence-electron chi connectivity index (χ3n) is 5.91. The van der Waals surface area contributed by atoms with Gasteiger partial charge in [-0.15, -0.1) is 0 Å². The van der Waals surface area contributed by atoms with E-state index in [1.54, 1.807) is 24.3 Å². The van der Waals surface area contributed by atoms with Gasteiger partial charge < -0.3 is 20.1 Å². The fourth-order valence-corrected chi connectivity index (χ4v) is 4.04. The molecule has 0 aromatic heterocycles. The molecular formula is C26H28FN3O4. The second-order valence-corrected chi connectivity index (χ2v) is 8.24. The number of nitrogens with zero attached hydrogens (tertiary/aromatic N) is 2. The summed E-state index contributed by atoms with van der Waals surface area (Å²) >= 11 is 0. The predicted octanol–water partition coefficient (Wildman–Crippen LogP) is 2.79. The highest BCUT2D eigenvalue weighted by Crippen LogP contribution is 2.23. The van der Waals surface area contributed by atoms with E-state index in [0.717, 1.165) is 0 Å². The van der Waals surface area contributed by atoms with Gasteiger partial charge in [-0.25, -0.2) is 4.39 Å². The van der Waals surface area contributed by atoms with E-state index in [1.807, 2.05) is 6.07 Å². The zero-order chi connectivity index (χ0) is 24.5. The number of nitriles is 1. The molecule has 178 valence electrons. The number of hydrogen-bond donors (Lipinski definition) is 2. The Labute approximate surface area is 198 Å². The monoisotopic (exact) mass is 465 g/mol. The molecule has 2 aromatic carbocycles. The Kier molecular flexibility index (Phi) is 8.91. The van der Waals surface area contributed by atoms with Gasteiger partial charge in [0.2, 0.25) is 5.91 Å². The van der Waals surface area contributed by atoms with E-state index in [0.29, 0.717) is 54.9 Å². The molecule has 0 bridgehead atoms. The molecule has 1 heterocycles. The van der Waals surface area contributed by atoms with Crippen LogP contribution in [0.25, 0.3) is 6.08 Å². The molecule has 1 amide bonds. The van der Waals surface area contributed by atoms with Crippen LogP contribution < -0.4 is 10.1 Å². The first-order chi connectivity index (χ1) is 16.4. The van der Waals surface area contributed by atoms with E-state index in [-0.39, 0.29) is 30.0 Å². The molecule has 0 unspecified atom stereocenters. The lowest BCUT2D eigenvalue weighted by Crippen LogP contribution is -2.48. The first-order valence-electron chi connectivity index (χ1n) is 11.1. The molecule has 34 heavy (non-hydrogen) atoms. The van der Waals surface area contributed by atoms with Crippen LogP contribution in [0.5, 0.6) is 5.75 Å². The molecule has 2 aromatic rings. The number of nitrogens with one attached hydrogen (secondary N) is 1. The van der Waals surface area contributed by atoms with Crippen LogP contribution in [-0.2, 0) is 4.79 Å². The molecule has 1 aliphatic heterocycles. The Balaban J connectivity index is 1.51. The van der Waals surface area contributed by atoms with Crippen molar-refractivity contribution in [3.63, 3.8) is 0 Å². The molecule has 0 aliphatic carbocycles. The molecule has 1 fully saturated rings. The number of amides is 1. The zero-order valence-electron chi connectivity index (χ0n) is 19.0. The molecule has 0 saturated carbocycles. The molecule has 7 nitrogen and oxygen atoms in total. The van der Waals surface area contributed by atoms with Gasteiger partial charge in [0, 0.05) is 29.7 Å². The van der Waals surface area contributed by atoms with Crippen molar-refractivity contribution in [2.75, 3.05) is 33.4 Å². The number of carbonyl (C=O) groups excluding carboxylic acids is 2. The van der Waals surface area contributed by atoms with Crippen LogP contribution in [0.4, 0.5) is 4.39 Å². The molecule has 1 atom stereocenters. The van der Waals surface area contributed by atoms with E-state index in [9.17, 15) is 19.1 Å². The summed E-state index contributed by atoms with van der Waals surface area (Å²) in [6.07, 6.45) is 4.24. The standard InChI is InChI=1S/C26H28FN3O4/c1-34-24-8-2-18(15-28)14-21(24)5-9-25(32)29-23(17-31)16-30-12-10-20(11-13-30)26(33)19-3-6-22(27)7-4-19/h2-9,14,20,23,31H,10-13,16-17H2,1H3,(H,29,32)/t23-/m0/s1. The van der Waals surface area contributed by atoms with Crippen LogP contribution in [0.15, 0.2) is 48.5 Å². The van der Waals surface area contributed by atoms with Gasteiger partial charge in [-0.05, 0) is 74.5 Å². The van der Waals surface area contributed by atoms with Crippen molar-refractivity contribution in [2.24, 2.45) is 5.92 Å². The molecule has 0 spiro atoms. The van der Waals surface area contributed by atoms with E-state index < -0.39 is 6.04 Å². The second kappa shape index (κ2) is 12.1. The number of piperidine rings is 1. The number of aliphatic hydroxyl groups is 1. The summed E-state index contributed by atoms with van der Waals surface area (Å²) in [7, 11) is 1.51. The van der Waals surface area contributed by atoms with Gasteiger partial charge in [0.25, 0.3) is 0 Å². The number of rotatable bonds is 9. The Hall–Kier alpha value is -3.54. The normalized spacial score (nSPS) is 15.6. The molecule has 8 heteroatoms. The lowest BCUT2D eigenvalue weighted by molar-refractivity contribution is -0.117. The molecular weight excluding hydrogens is 437 g/mol. The van der Waals surface area contributed by atoms with Gasteiger partial charge >= 0.3 is 0 Å². The van der Waals surface area contributed by atoms with Gasteiger partial charge in [0.1, 0.15) is 11.6 Å². The Bertz CT molecular complexity index is 1070. The summed E-state index contributed by atoms with van der Waals surface area (Å²) in [5.74, 6) is -0.295. The van der Waals surface area contributed by atoms with Crippen molar-refractivity contribution < 1.29 is 23.8 Å². The van der Waals surface area contributed by atoms with E-state index in [4.69, 9.17) is 10.00 Å². The van der Waals surface area contributed by atoms with Crippen LogP contribution in [0.3, 0.4) is 0 Å². The van der Waals surface area contributed by atoms with Crippen LogP contribution in [-0.4, -0.2) is 61.1 Å². The minimum Gasteiger partial charge on any atom is -0.496 e. The van der Waals surface area contributed by atoms with Gasteiger partial charge in [0.15, 0.2) is 5.78 Å². The average molecular weight is 466 g/mol. The number of ether oxygens (including phenoxy) is 1. The number of carbonyl (C=O) groups is 2. The van der Waals surface area contributed by atoms with Crippen molar-refractivity contribution in [1.29, 1.82) is 5.26 Å². The second-order valence-electron chi connectivity index (χ2n) is 8.24. The topological polar surface area (TPSA) is 103 Å². The number of Topliss-reactive ketones (excluding diaryl/α,β-unsaturated/α-hetero) is 1. The summed E-state index contributed by atoms with van der Waals surface area (Å²) in [4.78, 5) is 27.2. The molecule has 2 N–H and O–H groups in total. The molecule has 1 saturated heterocycles. The highest BCUT2D eigenvalue weighted by atomic mass is 19.1. The number of halogens is 1. The lowest BCUT2D eigenvalue weighted by Gasteiger charge is -2.33. The number of hydrogen-bond acceptors (Lipinski definition) is 6. The highest BCUT2D eigenvalue weighted by molar-refractivity contribution is 5.97. The number of likely N-dealkylation sites (tertiary alicyclic amines) is 1. The summed E-state index contributed by atoms with van der Waals surface area (Å²) in [6, 6.07) is 12.1. The van der Waals surface area contributed by atoms with Crippen LogP contribution in [0, 0.1) is 23.1 Å². The zero-order valence-corrected chi connectivity index (χ0v) is 19.0. The summed E-state index contributed by atoms with van der Waals surface area (Å²) < 4.78 is 18.4. The fourth-order valence-electron chi connectivity index (χ4n) is 4.04.